The van der Waals surface area contributed by atoms with Gasteiger partial charge in [0, 0.05) is 55.5 Å². The minimum atomic E-state index is 0.727. The van der Waals surface area contributed by atoms with Gasteiger partial charge in [-0.1, -0.05) is 24.4 Å². The van der Waals surface area contributed by atoms with E-state index in [1.807, 2.05) is 6.92 Å². The number of likely N-dealkylation sites (N-methyl/N-ethyl adjacent to an activating group) is 1. The van der Waals surface area contributed by atoms with Gasteiger partial charge in [-0.15, -0.1) is 0 Å². The average molecular weight is 341 g/mol. The van der Waals surface area contributed by atoms with Gasteiger partial charge in [-0.05, 0) is 31.7 Å². The van der Waals surface area contributed by atoms with Crippen molar-refractivity contribution in [1.29, 1.82) is 0 Å². The molecule has 1 aliphatic rings. The summed E-state index contributed by atoms with van der Waals surface area (Å²) in [6.45, 7) is 7.44. The molecule has 1 saturated heterocycles. The Hall–Kier alpha value is -1.89. The number of piperazine rings is 1. The molecule has 0 saturated carbocycles. The lowest BCUT2D eigenvalue weighted by Crippen LogP contribution is -2.43. The van der Waals surface area contributed by atoms with Crippen LogP contribution in [0.15, 0.2) is 30.5 Å². The molecule has 1 aliphatic heterocycles. The Bertz CT molecular complexity index is 693. The lowest BCUT2D eigenvalue weighted by molar-refractivity contribution is 0.148. The number of thiocarbonyl (C=S) groups is 1. The van der Waals surface area contributed by atoms with Crippen molar-refractivity contribution in [3.8, 4) is 0 Å². The minimum absolute atomic E-state index is 0.727. The van der Waals surface area contributed by atoms with Crippen molar-refractivity contribution in [1.82, 2.24) is 19.8 Å². The van der Waals surface area contributed by atoms with Crippen LogP contribution in [0, 0.1) is 6.92 Å². The number of aromatic nitrogens is 2. The zero-order valence-corrected chi connectivity index (χ0v) is 15.0. The molecule has 6 heteroatoms. The molecule has 1 N–H and O–H groups in total. The average Bonchev–Trinajstić information content (AvgIpc) is 2.59. The molecule has 0 atom stereocenters. The molecule has 3 rings (SSSR count). The molecule has 0 amide bonds. The molecule has 24 heavy (non-hydrogen) atoms. The summed E-state index contributed by atoms with van der Waals surface area (Å²) in [6, 6.07) is 8.53. The maximum absolute atomic E-state index is 5.03. The topological polar surface area (TPSA) is 44.3 Å². The highest BCUT2D eigenvalue weighted by Crippen LogP contribution is 2.19. The first-order chi connectivity index (χ1) is 11.6. The van der Waals surface area contributed by atoms with E-state index in [9.17, 15) is 0 Å². The summed E-state index contributed by atoms with van der Waals surface area (Å²) < 4.78 is 0. The largest absolute Gasteiger partial charge is 0.340 e. The van der Waals surface area contributed by atoms with E-state index in [-0.39, 0.29) is 0 Å². The van der Waals surface area contributed by atoms with Crippen molar-refractivity contribution in [2.75, 3.05) is 38.5 Å². The molecular formula is C18H23N5S. The van der Waals surface area contributed by atoms with E-state index in [1.54, 1.807) is 11.6 Å². The van der Waals surface area contributed by atoms with Crippen LogP contribution < -0.4 is 5.32 Å². The second kappa shape index (κ2) is 7.79. The number of anilines is 2. The van der Waals surface area contributed by atoms with Crippen LogP contribution in [-0.2, 0) is 6.54 Å². The van der Waals surface area contributed by atoms with Gasteiger partial charge in [0.2, 0.25) is 0 Å². The van der Waals surface area contributed by atoms with Crippen LogP contribution >= 0.6 is 12.2 Å². The fourth-order valence-corrected chi connectivity index (χ4v) is 2.93. The van der Waals surface area contributed by atoms with Crippen molar-refractivity contribution in [2.24, 2.45) is 0 Å². The first-order valence-electron chi connectivity index (χ1n) is 8.20. The Labute approximate surface area is 148 Å². The summed E-state index contributed by atoms with van der Waals surface area (Å²) in [5.74, 6) is 1.48. The number of rotatable bonds is 5. The van der Waals surface area contributed by atoms with Crippen LogP contribution in [-0.4, -0.2) is 58.4 Å². The zero-order chi connectivity index (χ0) is 16.9. The van der Waals surface area contributed by atoms with Gasteiger partial charge in [-0.25, -0.2) is 9.97 Å². The molecular weight excluding hydrogens is 318 g/mol. The van der Waals surface area contributed by atoms with E-state index >= 15 is 0 Å². The van der Waals surface area contributed by atoms with Gasteiger partial charge in [0.05, 0.1) is 0 Å². The first-order valence-corrected chi connectivity index (χ1v) is 8.67. The molecule has 1 aromatic carbocycles. The minimum Gasteiger partial charge on any atom is -0.340 e. The molecule has 2 heterocycles. The molecule has 2 aromatic rings. The predicted octanol–water partition coefficient (Wildman–Crippen LogP) is 2.62. The Morgan fingerprint density at radius 3 is 2.54 bits per heavy atom. The van der Waals surface area contributed by atoms with Crippen molar-refractivity contribution in [3.05, 3.63) is 47.4 Å². The van der Waals surface area contributed by atoms with E-state index in [0.717, 1.165) is 55.6 Å². The zero-order valence-electron chi connectivity index (χ0n) is 14.2. The van der Waals surface area contributed by atoms with Gasteiger partial charge < -0.3 is 10.2 Å². The summed E-state index contributed by atoms with van der Waals surface area (Å²) in [5, 5.41) is 4.93. The van der Waals surface area contributed by atoms with Gasteiger partial charge in [-0.3, -0.25) is 4.90 Å². The fraction of sp³-hybridized carbons (Fsp3) is 0.389. The van der Waals surface area contributed by atoms with E-state index in [4.69, 9.17) is 12.2 Å². The smallest absolute Gasteiger partial charge is 0.142 e. The second-order valence-corrected chi connectivity index (χ2v) is 6.48. The summed E-state index contributed by atoms with van der Waals surface area (Å²) in [4.78, 5) is 13.5. The van der Waals surface area contributed by atoms with Crippen LogP contribution in [0.5, 0.6) is 0 Å². The third-order valence-electron chi connectivity index (χ3n) is 4.28. The Morgan fingerprint density at radius 1 is 1.17 bits per heavy atom. The number of aryl methyl sites for hydroxylation is 1. The number of nitrogens with one attached hydrogen (secondary N) is 1. The molecule has 0 unspecified atom stereocenters. The lowest BCUT2D eigenvalue weighted by Gasteiger charge is -2.32. The number of nitrogens with zero attached hydrogens (tertiary/aromatic N) is 4. The van der Waals surface area contributed by atoms with Crippen LogP contribution in [0.1, 0.15) is 17.0 Å². The third kappa shape index (κ3) is 4.35. The van der Waals surface area contributed by atoms with Gasteiger partial charge in [-0.2, -0.15) is 0 Å². The molecule has 1 aromatic heterocycles. The van der Waals surface area contributed by atoms with Gasteiger partial charge in [0.25, 0.3) is 0 Å². The molecule has 0 radical (unpaired) electrons. The number of hydrogen-bond acceptors (Lipinski definition) is 6. The molecule has 126 valence electrons. The number of benzene rings is 1. The van der Waals surface area contributed by atoms with Gasteiger partial charge >= 0.3 is 0 Å². The summed E-state index contributed by atoms with van der Waals surface area (Å²) in [7, 11) is 2.18. The highest BCUT2D eigenvalue weighted by molar-refractivity contribution is 7.79. The van der Waals surface area contributed by atoms with Crippen molar-refractivity contribution < 1.29 is 0 Å². The molecule has 0 bridgehead atoms. The van der Waals surface area contributed by atoms with E-state index < -0.39 is 0 Å². The Balaban J connectivity index is 1.64. The first kappa shape index (κ1) is 17.0. The Morgan fingerprint density at radius 2 is 1.88 bits per heavy atom. The van der Waals surface area contributed by atoms with Crippen molar-refractivity contribution in [2.45, 2.75) is 13.5 Å². The van der Waals surface area contributed by atoms with Crippen molar-refractivity contribution in [3.63, 3.8) is 0 Å². The van der Waals surface area contributed by atoms with Crippen LogP contribution in [0.2, 0.25) is 0 Å². The highest BCUT2D eigenvalue weighted by Gasteiger charge is 2.13. The summed E-state index contributed by atoms with van der Waals surface area (Å²) >= 11 is 5.03. The maximum atomic E-state index is 5.03. The monoisotopic (exact) mass is 341 g/mol. The molecule has 1 fully saturated rings. The standard InChI is InChI=1S/C18H23N5S/c1-14-19-11-16(13-24)18(20-14)21-17-5-3-15(4-6-17)12-23-9-7-22(2)8-10-23/h3-6,11,13H,7-10,12H2,1-2H3,(H,19,20,21). The Kier molecular flexibility index (Phi) is 5.50. The predicted molar refractivity (Wildman–Crippen MR) is 102 cm³/mol. The second-order valence-electron chi connectivity index (χ2n) is 6.24. The highest BCUT2D eigenvalue weighted by atomic mass is 32.1. The quantitative estimate of drug-likeness (QED) is 0.844. The molecule has 0 spiro atoms. The molecule has 5 nitrogen and oxygen atoms in total. The van der Waals surface area contributed by atoms with Crippen LogP contribution in [0.4, 0.5) is 11.5 Å². The fourth-order valence-electron chi connectivity index (χ4n) is 2.76. The summed E-state index contributed by atoms with van der Waals surface area (Å²) in [6.07, 6.45) is 1.75. The van der Waals surface area contributed by atoms with Gasteiger partial charge in [0.1, 0.15) is 11.6 Å². The normalized spacial score (nSPS) is 16.1. The third-order valence-corrected chi connectivity index (χ3v) is 4.54. The van der Waals surface area contributed by atoms with Crippen LogP contribution in [0.3, 0.4) is 0 Å². The SMILES string of the molecule is Cc1ncc(C=S)c(Nc2ccc(CN3CCN(C)CC3)cc2)n1. The van der Waals surface area contributed by atoms with Crippen LogP contribution in [0.25, 0.3) is 0 Å². The lowest BCUT2D eigenvalue weighted by atomic mass is 10.1. The van der Waals surface area contributed by atoms with Crippen molar-refractivity contribution >= 4 is 29.1 Å². The van der Waals surface area contributed by atoms with E-state index in [0.29, 0.717) is 0 Å². The van der Waals surface area contributed by atoms with E-state index in [1.165, 1.54) is 5.56 Å². The van der Waals surface area contributed by atoms with E-state index in [2.05, 4.69) is 56.4 Å². The number of hydrogen-bond donors (Lipinski definition) is 1. The maximum Gasteiger partial charge on any atom is 0.142 e. The van der Waals surface area contributed by atoms with Gasteiger partial charge in [0.15, 0.2) is 0 Å². The summed E-state index contributed by atoms with van der Waals surface area (Å²) in [5.41, 5.74) is 3.17. The molecule has 0 aliphatic carbocycles.